The molecule has 2 N–H and O–H groups in total. The van der Waals surface area contributed by atoms with Gasteiger partial charge in [-0.05, 0) is 31.0 Å². The number of fused-ring (bicyclic) bond motifs is 1. The molecule has 0 radical (unpaired) electrons. The average Bonchev–Trinajstić information content (AvgIpc) is 2.92. The minimum absolute atomic E-state index is 0.139. The van der Waals surface area contributed by atoms with Crippen LogP contribution in [0.15, 0.2) is 36.7 Å². The second-order valence-corrected chi connectivity index (χ2v) is 5.24. The van der Waals surface area contributed by atoms with Crippen LogP contribution in [0.5, 0.6) is 0 Å². The van der Waals surface area contributed by atoms with Crippen LogP contribution in [0.4, 0.5) is 0 Å². The number of hydrogen-bond acceptors (Lipinski definition) is 2. The highest BCUT2D eigenvalue weighted by atomic mass is 16.4. The first-order valence-corrected chi connectivity index (χ1v) is 7.10. The topological polar surface area (TPSA) is 70.8 Å². The number of hydrogen-bond donors (Lipinski definition) is 2. The zero-order chi connectivity index (χ0) is 15.5. The lowest BCUT2D eigenvalue weighted by Gasteiger charge is -2.26. The van der Waals surface area contributed by atoms with E-state index in [4.69, 9.17) is 0 Å². The van der Waals surface area contributed by atoms with Crippen molar-refractivity contribution in [2.45, 2.75) is 26.7 Å². The van der Waals surface area contributed by atoms with Gasteiger partial charge in [0.1, 0.15) is 0 Å². The van der Waals surface area contributed by atoms with Gasteiger partial charge in [0.25, 0.3) is 5.91 Å². The van der Waals surface area contributed by atoms with Crippen LogP contribution in [0.1, 0.15) is 37.0 Å². The Balaban J connectivity index is 2.12. The third-order valence-electron chi connectivity index (χ3n) is 4.16. The molecular formula is C16H20N2O3. The number of nitrogens with zero attached hydrogens (tertiary/aromatic N) is 1. The molecule has 0 aliphatic rings. The smallest absolute Gasteiger partial charge is 0.311 e. The molecule has 1 amide bonds. The monoisotopic (exact) mass is 288 g/mol. The van der Waals surface area contributed by atoms with Crippen molar-refractivity contribution in [3.63, 3.8) is 0 Å². The molecule has 0 saturated carbocycles. The molecule has 0 saturated heterocycles. The zero-order valence-corrected chi connectivity index (χ0v) is 12.3. The lowest BCUT2D eigenvalue weighted by Crippen LogP contribution is -2.42. The van der Waals surface area contributed by atoms with Gasteiger partial charge in [-0.2, -0.15) is 0 Å². The molecule has 2 heterocycles. The molecule has 2 aromatic rings. The number of aromatic nitrogens is 1. The van der Waals surface area contributed by atoms with Gasteiger partial charge in [-0.15, -0.1) is 0 Å². The highest BCUT2D eigenvalue weighted by Gasteiger charge is 2.35. The summed E-state index contributed by atoms with van der Waals surface area (Å²) in [6, 6.07) is 7.49. The molecular weight excluding hydrogens is 268 g/mol. The maximum atomic E-state index is 12.2. The second-order valence-electron chi connectivity index (χ2n) is 5.24. The zero-order valence-electron chi connectivity index (χ0n) is 12.3. The predicted molar refractivity (Wildman–Crippen MR) is 80.4 cm³/mol. The largest absolute Gasteiger partial charge is 0.481 e. The molecule has 2 rings (SSSR count). The number of carbonyl (C=O) groups excluding carboxylic acids is 1. The van der Waals surface area contributed by atoms with E-state index < -0.39 is 11.4 Å². The van der Waals surface area contributed by atoms with Crippen molar-refractivity contribution in [3.05, 3.63) is 42.2 Å². The highest BCUT2D eigenvalue weighted by Crippen LogP contribution is 2.25. The van der Waals surface area contributed by atoms with Crippen LogP contribution >= 0.6 is 0 Å². The summed E-state index contributed by atoms with van der Waals surface area (Å²) in [5.41, 5.74) is 0.570. The maximum absolute atomic E-state index is 12.2. The molecule has 0 fully saturated rings. The number of aliphatic carboxylic acids is 1. The number of nitrogens with one attached hydrogen (secondary N) is 1. The normalized spacial score (nSPS) is 11.5. The lowest BCUT2D eigenvalue weighted by atomic mass is 9.82. The second kappa shape index (κ2) is 5.99. The standard InChI is InChI=1S/C16H20N2O3/c1-3-16(4-2,15(20)21)11-17-14(19)12-9-13-7-5-6-8-18(13)10-12/h5-10H,3-4,11H2,1-2H3,(H,17,19)(H,20,21). The Morgan fingerprint density at radius 3 is 2.57 bits per heavy atom. The van der Waals surface area contributed by atoms with E-state index in [-0.39, 0.29) is 12.5 Å². The Morgan fingerprint density at radius 2 is 2.00 bits per heavy atom. The van der Waals surface area contributed by atoms with Crippen LogP contribution in [0.25, 0.3) is 5.52 Å². The van der Waals surface area contributed by atoms with Crippen LogP contribution in [-0.4, -0.2) is 27.9 Å². The van der Waals surface area contributed by atoms with Crippen molar-refractivity contribution < 1.29 is 14.7 Å². The first kappa shape index (κ1) is 15.1. The number of carboxylic acids is 1. The van der Waals surface area contributed by atoms with Gasteiger partial charge < -0.3 is 14.8 Å². The fourth-order valence-corrected chi connectivity index (χ4v) is 2.41. The molecule has 5 nitrogen and oxygen atoms in total. The predicted octanol–water partition coefficient (Wildman–Crippen LogP) is 2.56. The Bertz CT molecular complexity index is 623. The van der Waals surface area contributed by atoms with Crippen molar-refractivity contribution >= 4 is 17.4 Å². The summed E-state index contributed by atoms with van der Waals surface area (Å²) in [4.78, 5) is 23.6. The van der Waals surface area contributed by atoms with Crippen molar-refractivity contribution in [1.82, 2.24) is 9.72 Å². The lowest BCUT2D eigenvalue weighted by molar-refractivity contribution is -0.149. The van der Waals surface area contributed by atoms with E-state index in [0.717, 1.165) is 5.52 Å². The van der Waals surface area contributed by atoms with Gasteiger partial charge in [0.2, 0.25) is 0 Å². The number of amides is 1. The SMILES string of the molecule is CCC(CC)(CNC(=O)c1cc2ccccn2c1)C(=O)O. The van der Waals surface area contributed by atoms with Crippen molar-refractivity contribution in [2.75, 3.05) is 6.54 Å². The summed E-state index contributed by atoms with van der Waals surface area (Å²) in [6.07, 6.45) is 4.57. The van der Waals surface area contributed by atoms with Gasteiger partial charge in [-0.1, -0.05) is 19.9 Å². The van der Waals surface area contributed by atoms with Crippen molar-refractivity contribution in [2.24, 2.45) is 5.41 Å². The summed E-state index contributed by atoms with van der Waals surface area (Å²) in [6.45, 7) is 3.80. The van der Waals surface area contributed by atoms with Gasteiger partial charge >= 0.3 is 5.97 Å². The minimum Gasteiger partial charge on any atom is -0.481 e. The van der Waals surface area contributed by atoms with E-state index in [2.05, 4.69) is 5.32 Å². The highest BCUT2D eigenvalue weighted by molar-refractivity contribution is 5.96. The number of carboxylic acid groups (broad SMARTS) is 1. The van der Waals surface area contributed by atoms with Crippen molar-refractivity contribution in [1.29, 1.82) is 0 Å². The summed E-state index contributed by atoms with van der Waals surface area (Å²) in [5, 5.41) is 12.1. The van der Waals surface area contributed by atoms with Crippen LogP contribution in [0.2, 0.25) is 0 Å². The quantitative estimate of drug-likeness (QED) is 0.858. The van der Waals surface area contributed by atoms with Gasteiger partial charge in [0.15, 0.2) is 0 Å². The fourth-order valence-electron chi connectivity index (χ4n) is 2.41. The maximum Gasteiger partial charge on any atom is 0.311 e. The summed E-state index contributed by atoms with van der Waals surface area (Å²) in [7, 11) is 0. The Hall–Kier alpha value is -2.30. The number of rotatable bonds is 6. The number of carbonyl (C=O) groups is 2. The number of pyridine rings is 1. The molecule has 0 aliphatic carbocycles. The van der Waals surface area contributed by atoms with E-state index in [1.54, 1.807) is 12.3 Å². The Kier molecular flexibility index (Phi) is 4.31. The van der Waals surface area contributed by atoms with E-state index >= 15 is 0 Å². The van der Waals surface area contributed by atoms with E-state index in [9.17, 15) is 14.7 Å². The first-order chi connectivity index (χ1) is 10.0. The molecule has 112 valence electrons. The van der Waals surface area contributed by atoms with E-state index in [0.29, 0.717) is 18.4 Å². The fraction of sp³-hybridized carbons (Fsp3) is 0.375. The first-order valence-electron chi connectivity index (χ1n) is 7.10. The molecule has 2 aromatic heterocycles. The summed E-state index contributed by atoms with van der Waals surface area (Å²) in [5.74, 6) is -1.11. The van der Waals surface area contributed by atoms with Crippen LogP contribution in [0, 0.1) is 5.41 Å². The Morgan fingerprint density at radius 1 is 1.29 bits per heavy atom. The minimum atomic E-state index is -0.894. The molecule has 0 unspecified atom stereocenters. The van der Waals surface area contributed by atoms with Gasteiger partial charge in [-0.25, -0.2) is 0 Å². The van der Waals surface area contributed by atoms with E-state index in [1.807, 2.05) is 42.6 Å². The van der Waals surface area contributed by atoms with Crippen LogP contribution < -0.4 is 5.32 Å². The van der Waals surface area contributed by atoms with Crippen molar-refractivity contribution in [3.8, 4) is 0 Å². The molecule has 5 heteroatoms. The molecule has 0 aromatic carbocycles. The van der Waals surface area contributed by atoms with E-state index in [1.165, 1.54) is 0 Å². The van der Waals surface area contributed by atoms with Crippen LogP contribution in [0.3, 0.4) is 0 Å². The molecule has 0 bridgehead atoms. The molecule has 0 atom stereocenters. The van der Waals surface area contributed by atoms with Gasteiger partial charge in [0.05, 0.1) is 11.0 Å². The summed E-state index contributed by atoms with van der Waals surface area (Å²) < 4.78 is 1.86. The Labute approximate surface area is 123 Å². The summed E-state index contributed by atoms with van der Waals surface area (Å²) >= 11 is 0. The van der Waals surface area contributed by atoms with Gasteiger partial charge in [-0.3, -0.25) is 9.59 Å². The molecule has 0 spiro atoms. The molecule has 0 aliphatic heterocycles. The third-order valence-corrected chi connectivity index (χ3v) is 4.16. The molecule has 21 heavy (non-hydrogen) atoms. The third kappa shape index (κ3) is 2.91. The van der Waals surface area contributed by atoms with Gasteiger partial charge in [0, 0.05) is 24.5 Å². The van der Waals surface area contributed by atoms with Crippen LogP contribution in [-0.2, 0) is 4.79 Å². The average molecular weight is 288 g/mol.